The SMILES string of the molecule is CCCCCCc1ccc(CC(C(=O)C(C)(C)C)c2ccc(F)cc2)cc1. The molecule has 0 fully saturated rings. The normalized spacial score (nSPS) is 12.8. The van der Waals surface area contributed by atoms with Crippen molar-refractivity contribution in [2.24, 2.45) is 5.41 Å². The van der Waals surface area contributed by atoms with E-state index >= 15 is 0 Å². The Morgan fingerprint density at radius 1 is 0.889 bits per heavy atom. The lowest BCUT2D eigenvalue weighted by atomic mass is 9.77. The summed E-state index contributed by atoms with van der Waals surface area (Å²) in [4.78, 5) is 13.0. The van der Waals surface area contributed by atoms with E-state index in [0.29, 0.717) is 6.42 Å². The third kappa shape index (κ3) is 6.61. The number of ketones is 1. The molecule has 0 heterocycles. The van der Waals surface area contributed by atoms with Crippen LogP contribution >= 0.6 is 0 Å². The number of aryl methyl sites for hydroxylation is 1. The Balaban J connectivity index is 2.13. The van der Waals surface area contributed by atoms with Crippen molar-refractivity contribution < 1.29 is 9.18 Å². The van der Waals surface area contributed by atoms with Gasteiger partial charge >= 0.3 is 0 Å². The van der Waals surface area contributed by atoms with Gasteiger partial charge in [-0.25, -0.2) is 4.39 Å². The Bertz CT molecular complexity index is 707. The molecule has 146 valence electrons. The van der Waals surface area contributed by atoms with Crippen molar-refractivity contribution >= 4 is 5.78 Å². The molecule has 2 aromatic rings. The van der Waals surface area contributed by atoms with Crippen LogP contribution in [0.5, 0.6) is 0 Å². The van der Waals surface area contributed by atoms with Gasteiger partial charge in [0.05, 0.1) is 0 Å². The number of Topliss-reactive ketones (excluding diaryl/α,β-unsaturated/α-hetero) is 1. The number of halogens is 1. The third-order valence-electron chi connectivity index (χ3n) is 5.11. The molecule has 0 aliphatic heterocycles. The highest BCUT2D eigenvalue weighted by atomic mass is 19.1. The number of hydrogen-bond donors (Lipinski definition) is 0. The molecule has 1 unspecified atom stereocenters. The first kappa shape index (κ1) is 21.3. The molecular weight excluding hydrogens is 335 g/mol. The summed E-state index contributed by atoms with van der Waals surface area (Å²) < 4.78 is 13.3. The Labute approximate surface area is 164 Å². The molecule has 0 amide bonds. The zero-order chi connectivity index (χ0) is 19.9. The molecular formula is C25H33FO. The van der Waals surface area contributed by atoms with E-state index in [9.17, 15) is 9.18 Å². The molecule has 0 bridgehead atoms. The topological polar surface area (TPSA) is 17.1 Å². The summed E-state index contributed by atoms with van der Waals surface area (Å²) in [6.07, 6.45) is 6.83. The van der Waals surface area contributed by atoms with Crippen LogP contribution in [0.25, 0.3) is 0 Å². The lowest BCUT2D eigenvalue weighted by Crippen LogP contribution is -2.28. The summed E-state index contributed by atoms with van der Waals surface area (Å²) in [5.41, 5.74) is 2.97. The van der Waals surface area contributed by atoms with Crippen LogP contribution in [0.2, 0.25) is 0 Å². The van der Waals surface area contributed by atoms with Gasteiger partial charge in [-0.2, -0.15) is 0 Å². The van der Waals surface area contributed by atoms with E-state index in [-0.39, 0.29) is 17.5 Å². The average molecular weight is 369 g/mol. The van der Waals surface area contributed by atoms with E-state index < -0.39 is 5.41 Å². The molecule has 2 rings (SSSR count). The van der Waals surface area contributed by atoms with Crippen LogP contribution < -0.4 is 0 Å². The Hall–Kier alpha value is -1.96. The zero-order valence-corrected chi connectivity index (χ0v) is 17.2. The highest BCUT2D eigenvalue weighted by Gasteiger charge is 2.30. The highest BCUT2D eigenvalue weighted by Crippen LogP contribution is 2.30. The molecule has 1 atom stereocenters. The number of carbonyl (C=O) groups excluding carboxylic acids is 1. The van der Waals surface area contributed by atoms with Crippen LogP contribution in [0.3, 0.4) is 0 Å². The fourth-order valence-electron chi connectivity index (χ4n) is 3.41. The van der Waals surface area contributed by atoms with Gasteiger partial charge in [0.2, 0.25) is 0 Å². The van der Waals surface area contributed by atoms with Crippen LogP contribution in [0.15, 0.2) is 48.5 Å². The van der Waals surface area contributed by atoms with E-state index in [4.69, 9.17) is 0 Å². The summed E-state index contributed by atoms with van der Waals surface area (Å²) in [5.74, 6) is -0.327. The molecule has 0 saturated heterocycles. The molecule has 0 N–H and O–H groups in total. The average Bonchev–Trinajstić information content (AvgIpc) is 2.64. The Morgan fingerprint density at radius 3 is 2.04 bits per heavy atom. The minimum atomic E-state index is -0.432. The quantitative estimate of drug-likeness (QED) is 0.440. The smallest absolute Gasteiger partial charge is 0.145 e. The largest absolute Gasteiger partial charge is 0.298 e. The lowest BCUT2D eigenvalue weighted by molar-refractivity contribution is -0.127. The minimum absolute atomic E-state index is 0.192. The van der Waals surface area contributed by atoms with Crippen LogP contribution in [0.4, 0.5) is 4.39 Å². The van der Waals surface area contributed by atoms with Gasteiger partial charge < -0.3 is 0 Å². The van der Waals surface area contributed by atoms with Crippen molar-refractivity contribution in [3.63, 3.8) is 0 Å². The summed E-state index contributed by atoms with van der Waals surface area (Å²) in [6, 6.07) is 15.0. The second-order valence-corrected chi connectivity index (χ2v) is 8.55. The van der Waals surface area contributed by atoms with Gasteiger partial charge in [-0.05, 0) is 48.1 Å². The second kappa shape index (κ2) is 9.82. The molecule has 0 radical (unpaired) electrons. The molecule has 27 heavy (non-hydrogen) atoms. The molecule has 0 aliphatic carbocycles. The van der Waals surface area contributed by atoms with Crippen LogP contribution in [-0.4, -0.2) is 5.78 Å². The van der Waals surface area contributed by atoms with Crippen LogP contribution in [0.1, 0.15) is 76.0 Å². The lowest BCUT2D eigenvalue weighted by Gasteiger charge is -2.25. The summed E-state index contributed by atoms with van der Waals surface area (Å²) in [6.45, 7) is 8.08. The van der Waals surface area contributed by atoms with Crippen molar-refractivity contribution in [3.8, 4) is 0 Å². The maximum absolute atomic E-state index is 13.3. The van der Waals surface area contributed by atoms with Crippen molar-refractivity contribution in [1.82, 2.24) is 0 Å². The first-order valence-electron chi connectivity index (χ1n) is 10.2. The van der Waals surface area contributed by atoms with E-state index in [1.807, 2.05) is 20.8 Å². The molecule has 0 aliphatic rings. The van der Waals surface area contributed by atoms with Gasteiger partial charge in [0, 0.05) is 11.3 Å². The van der Waals surface area contributed by atoms with Crippen molar-refractivity contribution in [2.75, 3.05) is 0 Å². The van der Waals surface area contributed by atoms with Gasteiger partial charge in [-0.1, -0.05) is 83.4 Å². The van der Waals surface area contributed by atoms with Crippen LogP contribution in [0, 0.1) is 11.2 Å². The minimum Gasteiger partial charge on any atom is -0.298 e. The maximum atomic E-state index is 13.3. The summed E-state index contributed by atoms with van der Waals surface area (Å²) >= 11 is 0. The molecule has 0 spiro atoms. The number of hydrogen-bond acceptors (Lipinski definition) is 1. The van der Waals surface area contributed by atoms with Gasteiger partial charge in [-0.15, -0.1) is 0 Å². The first-order chi connectivity index (χ1) is 12.8. The summed E-state index contributed by atoms with van der Waals surface area (Å²) in [7, 11) is 0. The predicted molar refractivity (Wildman–Crippen MR) is 112 cm³/mol. The predicted octanol–water partition coefficient (Wildman–Crippen LogP) is 6.89. The van der Waals surface area contributed by atoms with E-state index in [1.165, 1.54) is 43.4 Å². The summed E-state index contributed by atoms with van der Waals surface area (Å²) in [5, 5.41) is 0. The number of carbonyl (C=O) groups is 1. The Kier molecular flexibility index (Phi) is 7.77. The van der Waals surface area contributed by atoms with Crippen molar-refractivity contribution in [2.45, 2.75) is 72.1 Å². The van der Waals surface area contributed by atoms with E-state index in [0.717, 1.165) is 17.5 Å². The molecule has 0 aromatic heterocycles. The van der Waals surface area contributed by atoms with Gasteiger partial charge in [0.1, 0.15) is 11.6 Å². The highest BCUT2D eigenvalue weighted by molar-refractivity contribution is 5.90. The standard InChI is InChI=1S/C25H33FO/c1-5-6-7-8-9-19-10-12-20(13-11-19)18-23(24(27)25(2,3)4)21-14-16-22(26)17-15-21/h10-17,23H,5-9,18H2,1-4H3. The number of benzene rings is 2. The van der Waals surface area contributed by atoms with Gasteiger partial charge in [0.15, 0.2) is 0 Å². The number of unbranched alkanes of at least 4 members (excludes halogenated alkanes) is 3. The first-order valence-corrected chi connectivity index (χ1v) is 10.2. The second-order valence-electron chi connectivity index (χ2n) is 8.55. The fraction of sp³-hybridized carbons (Fsp3) is 0.480. The maximum Gasteiger partial charge on any atom is 0.145 e. The number of rotatable bonds is 9. The molecule has 2 aromatic carbocycles. The monoisotopic (exact) mass is 368 g/mol. The van der Waals surface area contributed by atoms with E-state index in [2.05, 4.69) is 31.2 Å². The van der Waals surface area contributed by atoms with Crippen molar-refractivity contribution in [1.29, 1.82) is 0 Å². The Morgan fingerprint density at radius 2 is 1.48 bits per heavy atom. The van der Waals surface area contributed by atoms with Crippen LogP contribution in [-0.2, 0) is 17.6 Å². The zero-order valence-electron chi connectivity index (χ0n) is 17.2. The third-order valence-corrected chi connectivity index (χ3v) is 5.11. The molecule has 0 saturated carbocycles. The van der Waals surface area contributed by atoms with Gasteiger partial charge in [0.25, 0.3) is 0 Å². The van der Waals surface area contributed by atoms with E-state index in [1.54, 1.807) is 12.1 Å². The molecule has 2 heteroatoms. The fourth-order valence-corrected chi connectivity index (χ4v) is 3.41. The van der Waals surface area contributed by atoms with Crippen molar-refractivity contribution in [3.05, 3.63) is 71.0 Å². The molecule has 1 nitrogen and oxygen atoms in total. The van der Waals surface area contributed by atoms with Gasteiger partial charge in [-0.3, -0.25) is 4.79 Å².